The molecule has 2 aromatic rings. The summed E-state index contributed by atoms with van der Waals surface area (Å²) in [6.45, 7) is 0. The van der Waals surface area contributed by atoms with Gasteiger partial charge >= 0.3 is 5.76 Å². The van der Waals surface area contributed by atoms with Crippen molar-refractivity contribution in [3.05, 3.63) is 58.9 Å². The standard InChI is InChI=1S/C14H9ClF3NO3S/c15-11-7-9(3-6-12(11)16)19-13(20)8-1-4-10(5-2-8)23(21,22)14(17)18/h1-7,14H,(H,19,20). The van der Waals surface area contributed by atoms with Crippen molar-refractivity contribution in [1.29, 1.82) is 0 Å². The quantitative estimate of drug-likeness (QED) is 0.900. The summed E-state index contributed by atoms with van der Waals surface area (Å²) in [5.41, 5.74) is 0.268. The van der Waals surface area contributed by atoms with Crippen molar-refractivity contribution in [2.75, 3.05) is 5.32 Å². The zero-order chi connectivity index (χ0) is 17.2. The van der Waals surface area contributed by atoms with Crippen LogP contribution in [0.15, 0.2) is 47.4 Å². The number of hydrogen-bond donors (Lipinski definition) is 1. The Morgan fingerprint density at radius 3 is 2.22 bits per heavy atom. The fraction of sp³-hybridized carbons (Fsp3) is 0.0714. The highest BCUT2D eigenvalue weighted by molar-refractivity contribution is 7.91. The Bertz CT molecular complexity index is 839. The molecule has 1 N–H and O–H groups in total. The van der Waals surface area contributed by atoms with Crippen LogP contribution in [0, 0.1) is 5.82 Å². The van der Waals surface area contributed by atoms with Gasteiger partial charge in [-0.05, 0) is 42.5 Å². The second-order valence-electron chi connectivity index (χ2n) is 4.41. The summed E-state index contributed by atoms with van der Waals surface area (Å²) >= 11 is 5.58. The van der Waals surface area contributed by atoms with E-state index in [4.69, 9.17) is 11.6 Å². The van der Waals surface area contributed by atoms with Crippen LogP contribution in [0.1, 0.15) is 10.4 Å². The lowest BCUT2D eigenvalue weighted by Crippen LogP contribution is -2.14. The van der Waals surface area contributed by atoms with Gasteiger partial charge in [0.2, 0.25) is 9.84 Å². The number of sulfone groups is 1. The van der Waals surface area contributed by atoms with Crippen molar-refractivity contribution < 1.29 is 26.4 Å². The zero-order valence-electron chi connectivity index (χ0n) is 11.3. The molecule has 0 aliphatic rings. The maximum atomic E-state index is 13.0. The first-order chi connectivity index (χ1) is 10.7. The van der Waals surface area contributed by atoms with Crippen molar-refractivity contribution in [2.24, 2.45) is 0 Å². The fourth-order valence-corrected chi connectivity index (χ4v) is 2.58. The molecule has 2 rings (SSSR count). The van der Waals surface area contributed by atoms with E-state index in [0.717, 1.165) is 30.3 Å². The second kappa shape index (κ2) is 6.59. The minimum Gasteiger partial charge on any atom is -0.322 e. The number of nitrogens with one attached hydrogen (secondary N) is 1. The van der Waals surface area contributed by atoms with E-state index in [2.05, 4.69) is 5.32 Å². The summed E-state index contributed by atoms with van der Waals surface area (Å²) in [6.07, 6.45) is 0. The Morgan fingerprint density at radius 1 is 1.09 bits per heavy atom. The van der Waals surface area contributed by atoms with E-state index in [-0.39, 0.29) is 16.3 Å². The highest BCUT2D eigenvalue weighted by atomic mass is 35.5. The van der Waals surface area contributed by atoms with E-state index in [0.29, 0.717) is 0 Å². The number of amides is 1. The number of rotatable bonds is 4. The van der Waals surface area contributed by atoms with Gasteiger partial charge in [0.1, 0.15) is 5.82 Å². The molecule has 4 nitrogen and oxygen atoms in total. The van der Waals surface area contributed by atoms with Gasteiger partial charge in [-0.2, -0.15) is 8.78 Å². The van der Waals surface area contributed by atoms with Gasteiger partial charge in [-0.1, -0.05) is 11.6 Å². The van der Waals surface area contributed by atoms with Crippen LogP contribution in [0.3, 0.4) is 0 Å². The van der Waals surface area contributed by atoms with Crippen LogP contribution in [-0.2, 0) is 9.84 Å². The molecule has 0 radical (unpaired) electrons. The molecule has 0 saturated heterocycles. The van der Waals surface area contributed by atoms with Gasteiger partial charge in [0.15, 0.2) is 0 Å². The zero-order valence-corrected chi connectivity index (χ0v) is 12.8. The molecule has 0 aliphatic heterocycles. The average Bonchev–Trinajstić information content (AvgIpc) is 2.51. The SMILES string of the molecule is O=C(Nc1ccc(F)c(Cl)c1)c1ccc(S(=O)(=O)C(F)F)cc1. The number of anilines is 1. The molecule has 0 fully saturated rings. The summed E-state index contributed by atoms with van der Waals surface area (Å²) < 4.78 is 60.4. The van der Waals surface area contributed by atoms with Crippen molar-refractivity contribution in [3.8, 4) is 0 Å². The van der Waals surface area contributed by atoms with Crippen LogP contribution in [0.25, 0.3) is 0 Å². The number of benzene rings is 2. The number of hydrogen-bond acceptors (Lipinski definition) is 3. The maximum Gasteiger partial charge on any atom is 0.341 e. The maximum absolute atomic E-state index is 13.0. The van der Waals surface area contributed by atoms with Gasteiger partial charge in [0.05, 0.1) is 9.92 Å². The second-order valence-corrected chi connectivity index (χ2v) is 6.74. The van der Waals surface area contributed by atoms with Crippen LogP contribution >= 0.6 is 11.6 Å². The van der Waals surface area contributed by atoms with Gasteiger partial charge in [0.25, 0.3) is 5.91 Å². The van der Waals surface area contributed by atoms with Crippen LogP contribution in [0.2, 0.25) is 5.02 Å². The molecular weight excluding hydrogens is 355 g/mol. The molecule has 0 spiro atoms. The summed E-state index contributed by atoms with van der Waals surface area (Å²) in [5.74, 6) is -4.82. The molecule has 23 heavy (non-hydrogen) atoms. The van der Waals surface area contributed by atoms with E-state index in [1.54, 1.807) is 0 Å². The van der Waals surface area contributed by atoms with E-state index >= 15 is 0 Å². The van der Waals surface area contributed by atoms with Crippen LogP contribution in [-0.4, -0.2) is 20.1 Å². The van der Waals surface area contributed by atoms with E-state index in [1.807, 2.05) is 0 Å². The molecule has 0 aliphatic carbocycles. The summed E-state index contributed by atoms with van der Waals surface area (Å²) in [6, 6.07) is 7.56. The number of carbonyl (C=O) groups excluding carboxylic acids is 1. The topological polar surface area (TPSA) is 63.2 Å². The molecule has 0 atom stereocenters. The third kappa shape index (κ3) is 3.83. The van der Waals surface area contributed by atoms with Crippen molar-refractivity contribution >= 4 is 33.0 Å². The van der Waals surface area contributed by atoms with Gasteiger partial charge < -0.3 is 5.32 Å². The Kier molecular flexibility index (Phi) is 4.96. The molecule has 1 amide bonds. The Labute approximate surface area is 134 Å². The third-order valence-electron chi connectivity index (χ3n) is 2.86. The van der Waals surface area contributed by atoms with E-state index in [9.17, 15) is 26.4 Å². The smallest absolute Gasteiger partial charge is 0.322 e. The molecule has 0 aromatic heterocycles. The molecule has 0 heterocycles. The van der Waals surface area contributed by atoms with E-state index in [1.165, 1.54) is 12.1 Å². The van der Waals surface area contributed by atoms with Crippen LogP contribution < -0.4 is 5.32 Å². The van der Waals surface area contributed by atoms with Crippen molar-refractivity contribution in [3.63, 3.8) is 0 Å². The number of alkyl halides is 2. The van der Waals surface area contributed by atoms with Crippen LogP contribution in [0.4, 0.5) is 18.9 Å². The monoisotopic (exact) mass is 363 g/mol. The highest BCUT2D eigenvalue weighted by Crippen LogP contribution is 2.21. The molecule has 122 valence electrons. The molecule has 0 saturated carbocycles. The van der Waals surface area contributed by atoms with Gasteiger partial charge in [0, 0.05) is 11.3 Å². The summed E-state index contributed by atoms with van der Waals surface area (Å²) in [4.78, 5) is 11.4. The Morgan fingerprint density at radius 2 is 1.70 bits per heavy atom. The largest absolute Gasteiger partial charge is 0.341 e. The Hall–Kier alpha value is -2.06. The minimum absolute atomic E-state index is 0.0404. The van der Waals surface area contributed by atoms with Crippen molar-refractivity contribution in [1.82, 2.24) is 0 Å². The predicted octanol–water partition coefficient (Wildman–Crippen LogP) is 3.73. The predicted molar refractivity (Wildman–Crippen MR) is 79.0 cm³/mol. The normalized spacial score (nSPS) is 11.5. The van der Waals surface area contributed by atoms with Crippen molar-refractivity contribution in [2.45, 2.75) is 10.7 Å². The summed E-state index contributed by atoms with van der Waals surface area (Å²) in [7, 11) is -4.71. The number of carbonyl (C=O) groups is 1. The van der Waals surface area contributed by atoms with Gasteiger partial charge in [-0.3, -0.25) is 4.79 Å². The number of halogens is 4. The van der Waals surface area contributed by atoms with Crippen LogP contribution in [0.5, 0.6) is 0 Å². The lowest BCUT2D eigenvalue weighted by Gasteiger charge is -2.07. The first kappa shape index (κ1) is 17.3. The minimum atomic E-state index is -4.71. The molecule has 0 bridgehead atoms. The lowest BCUT2D eigenvalue weighted by atomic mass is 10.2. The first-order valence-corrected chi connectivity index (χ1v) is 8.03. The summed E-state index contributed by atoms with van der Waals surface area (Å²) in [5, 5.41) is 2.24. The molecule has 2 aromatic carbocycles. The average molecular weight is 364 g/mol. The lowest BCUT2D eigenvalue weighted by molar-refractivity contribution is 0.102. The fourth-order valence-electron chi connectivity index (χ4n) is 1.68. The molecule has 9 heteroatoms. The first-order valence-electron chi connectivity index (χ1n) is 6.10. The Balaban J connectivity index is 2.19. The highest BCUT2D eigenvalue weighted by Gasteiger charge is 2.26. The third-order valence-corrected chi connectivity index (χ3v) is 4.55. The van der Waals surface area contributed by atoms with Gasteiger partial charge in [-0.15, -0.1) is 0 Å². The van der Waals surface area contributed by atoms with Gasteiger partial charge in [-0.25, -0.2) is 12.8 Å². The molecular formula is C14H9ClF3NO3S. The van der Waals surface area contributed by atoms with E-state index < -0.39 is 32.2 Å². The molecule has 0 unspecified atom stereocenters.